The van der Waals surface area contributed by atoms with Gasteiger partial charge in [0, 0.05) is 10.9 Å². The highest BCUT2D eigenvalue weighted by molar-refractivity contribution is 7.96. The van der Waals surface area contributed by atoms with Crippen LogP contribution in [0.3, 0.4) is 0 Å². The summed E-state index contributed by atoms with van der Waals surface area (Å²) in [6.07, 6.45) is 6.90. The van der Waals surface area contributed by atoms with Gasteiger partial charge in [-0.15, -0.1) is 11.3 Å². The van der Waals surface area contributed by atoms with Crippen LogP contribution >= 0.6 is 22.9 Å². The van der Waals surface area contributed by atoms with Crippen molar-refractivity contribution in [3.05, 3.63) is 34.3 Å². The molecule has 2 aliphatic rings. The Labute approximate surface area is 175 Å². The summed E-state index contributed by atoms with van der Waals surface area (Å²) in [6, 6.07) is 5.77. The minimum Gasteiger partial charge on any atom is -0.228 e. The molecule has 0 aliphatic heterocycles. The SMILES string of the molecule is O=S(=O)(CC1CC1)c1sc(C2CCCCC2)nc1S(=O)(=O)c1ccc(Cl)cc1. The van der Waals surface area contributed by atoms with E-state index in [1.807, 2.05) is 0 Å². The molecular formula is C19H22ClNO4S3. The maximum absolute atomic E-state index is 13.2. The minimum absolute atomic E-state index is 0.00242. The molecule has 9 heteroatoms. The zero-order chi connectivity index (χ0) is 19.9. The number of benzene rings is 1. The van der Waals surface area contributed by atoms with Gasteiger partial charge in [0.05, 0.1) is 15.7 Å². The average Bonchev–Trinajstić information content (AvgIpc) is 3.34. The lowest BCUT2D eigenvalue weighted by Gasteiger charge is -2.18. The van der Waals surface area contributed by atoms with Gasteiger partial charge in [0.25, 0.3) is 0 Å². The first kappa shape index (κ1) is 20.3. The number of hydrogen-bond acceptors (Lipinski definition) is 6. The third-order valence-corrected chi connectivity index (χ3v) is 11.3. The molecule has 0 unspecified atom stereocenters. The molecule has 2 saturated carbocycles. The van der Waals surface area contributed by atoms with Crippen LogP contribution in [-0.4, -0.2) is 27.6 Å². The Kier molecular flexibility index (Phi) is 5.59. The largest absolute Gasteiger partial charge is 0.228 e. The molecule has 0 spiro atoms. The van der Waals surface area contributed by atoms with E-state index >= 15 is 0 Å². The van der Waals surface area contributed by atoms with E-state index in [2.05, 4.69) is 4.98 Å². The lowest BCUT2D eigenvalue weighted by Crippen LogP contribution is -2.12. The molecule has 1 aromatic carbocycles. The van der Waals surface area contributed by atoms with E-state index in [0.29, 0.717) is 10.0 Å². The molecule has 5 nitrogen and oxygen atoms in total. The van der Waals surface area contributed by atoms with Gasteiger partial charge in [0.1, 0.15) is 0 Å². The van der Waals surface area contributed by atoms with Crippen LogP contribution in [0.15, 0.2) is 38.4 Å². The molecule has 0 bridgehead atoms. The predicted octanol–water partition coefficient (Wildman–Crippen LogP) is 4.86. The van der Waals surface area contributed by atoms with E-state index in [-0.39, 0.29) is 31.7 Å². The monoisotopic (exact) mass is 459 g/mol. The van der Waals surface area contributed by atoms with Crippen LogP contribution in [0.2, 0.25) is 5.02 Å². The first-order chi connectivity index (χ1) is 13.3. The predicted molar refractivity (Wildman–Crippen MR) is 110 cm³/mol. The third-order valence-electron chi connectivity index (χ3n) is 5.35. The molecule has 0 N–H and O–H groups in total. The lowest BCUT2D eigenvalue weighted by molar-refractivity contribution is 0.441. The highest BCUT2D eigenvalue weighted by Crippen LogP contribution is 2.42. The summed E-state index contributed by atoms with van der Waals surface area (Å²) in [7, 11) is -7.74. The first-order valence-electron chi connectivity index (χ1n) is 9.51. The van der Waals surface area contributed by atoms with Crippen LogP contribution in [0.1, 0.15) is 55.9 Å². The maximum atomic E-state index is 13.2. The van der Waals surface area contributed by atoms with Crippen molar-refractivity contribution in [3.63, 3.8) is 0 Å². The first-order valence-corrected chi connectivity index (χ1v) is 13.8. The molecule has 0 saturated heterocycles. The summed E-state index contributed by atoms with van der Waals surface area (Å²) in [5, 5.41) is 0.754. The van der Waals surface area contributed by atoms with Gasteiger partial charge in [-0.1, -0.05) is 30.9 Å². The van der Waals surface area contributed by atoms with Crippen LogP contribution < -0.4 is 0 Å². The Bertz CT molecular complexity index is 1060. The zero-order valence-corrected chi connectivity index (χ0v) is 18.5. The van der Waals surface area contributed by atoms with E-state index in [4.69, 9.17) is 11.6 Å². The Morgan fingerprint density at radius 3 is 2.21 bits per heavy atom. The summed E-state index contributed by atoms with van der Waals surface area (Å²) in [5.41, 5.74) is 0. The van der Waals surface area contributed by atoms with Crippen LogP contribution in [-0.2, 0) is 19.7 Å². The maximum Gasteiger partial charge on any atom is 0.226 e. The molecule has 0 amide bonds. The van der Waals surface area contributed by atoms with Crippen molar-refractivity contribution in [1.82, 2.24) is 4.98 Å². The van der Waals surface area contributed by atoms with Gasteiger partial charge in [-0.3, -0.25) is 0 Å². The van der Waals surface area contributed by atoms with E-state index in [1.165, 1.54) is 24.3 Å². The lowest BCUT2D eigenvalue weighted by atomic mass is 9.90. The standard InChI is InChI=1S/C19H22ClNO4S3/c20-15-8-10-16(11-9-15)28(24,25)18-19(27(22,23)12-13-6-7-13)26-17(21-18)14-4-2-1-3-5-14/h8-11,13-14H,1-7,12H2. The summed E-state index contributed by atoms with van der Waals surface area (Å²) >= 11 is 6.94. The zero-order valence-electron chi connectivity index (χ0n) is 15.3. The molecule has 28 heavy (non-hydrogen) atoms. The summed E-state index contributed by atoms with van der Waals surface area (Å²) < 4.78 is 52.4. The van der Waals surface area contributed by atoms with Crippen molar-refractivity contribution in [2.24, 2.45) is 5.92 Å². The molecular weight excluding hydrogens is 438 g/mol. The van der Waals surface area contributed by atoms with E-state index < -0.39 is 19.7 Å². The fourth-order valence-corrected chi connectivity index (χ4v) is 9.34. The number of aromatic nitrogens is 1. The van der Waals surface area contributed by atoms with Crippen LogP contribution in [0.5, 0.6) is 0 Å². The fraction of sp³-hybridized carbons (Fsp3) is 0.526. The molecule has 4 rings (SSSR count). The highest BCUT2D eigenvalue weighted by atomic mass is 35.5. The average molecular weight is 460 g/mol. The molecule has 152 valence electrons. The Hall–Kier alpha value is -0.960. The van der Waals surface area contributed by atoms with E-state index in [9.17, 15) is 16.8 Å². The number of hydrogen-bond donors (Lipinski definition) is 0. The summed E-state index contributed by atoms with van der Waals surface area (Å²) in [6.45, 7) is 0. The van der Waals surface area contributed by atoms with Gasteiger partial charge >= 0.3 is 0 Å². The van der Waals surface area contributed by atoms with Gasteiger partial charge in [0.2, 0.25) is 9.84 Å². The number of halogens is 1. The van der Waals surface area contributed by atoms with E-state index in [0.717, 1.165) is 56.3 Å². The number of rotatable bonds is 6. The Morgan fingerprint density at radius 1 is 0.964 bits per heavy atom. The number of sulfone groups is 2. The Morgan fingerprint density at radius 2 is 1.61 bits per heavy atom. The van der Waals surface area contributed by atoms with Crippen LogP contribution in [0, 0.1) is 5.92 Å². The van der Waals surface area contributed by atoms with Crippen molar-refractivity contribution in [3.8, 4) is 0 Å². The molecule has 0 radical (unpaired) electrons. The third kappa shape index (κ3) is 4.15. The second kappa shape index (κ2) is 7.70. The topological polar surface area (TPSA) is 81.2 Å². The van der Waals surface area contributed by atoms with Crippen molar-refractivity contribution >= 4 is 42.6 Å². The fourth-order valence-electron chi connectivity index (χ4n) is 3.59. The molecule has 2 aromatic rings. The van der Waals surface area contributed by atoms with Crippen molar-refractivity contribution in [2.75, 3.05) is 5.75 Å². The van der Waals surface area contributed by atoms with Crippen LogP contribution in [0.4, 0.5) is 0 Å². The van der Waals surface area contributed by atoms with Gasteiger partial charge in [-0.2, -0.15) is 0 Å². The molecule has 1 heterocycles. The van der Waals surface area contributed by atoms with Crippen molar-refractivity contribution in [1.29, 1.82) is 0 Å². The van der Waals surface area contributed by atoms with Gasteiger partial charge in [-0.05, 0) is 55.9 Å². The minimum atomic E-state index is -4.04. The highest BCUT2D eigenvalue weighted by Gasteiger charge is 2.37. The molecule has 2 aliphatic carbocycles. The van der Waals surface area contributed by atoms with Crippen LogP contribution in [0.25, 0.3) is 0 Å². The summed E-state index contributed by atoms with van der Waals surface area (Å²) in [5.74, 6) is 0.279. The second-order valence-electron chi connectivity index (χ2n) is 7.66. The normalized spacial score (nSPS) is 19.0. The van der Waals surface area contributed by atoms with Gasteiger partial charge in [-0.25, -0.2) is 21.8 Å². The second-order valence-corrected chi connectivity index (χ2v) is 13.2. The van der Waals surface area contributed by atoms with Crippen molar-refractivity contribution in [2.45, 2.75) is 65.0 Å². The van der Waals surface area contributed by atoms with Gasteiger partial charge in [0.15, 0.2) is 19.1 Å². The van der Waals surface area contributed by atoms with E-state index in [1.54, 1.807) is 0 Å². The van der Waals surface area contributed by atoms with Gasteiger partial charge < -0.3 is 0 Å². The molecule has 2 fully saturated rings. The molecule has 0 atom stereocenters. The van der Waals surface area contributed by atoms with Crippen molar-refractivity contribution < 1.29 is 16.8 Å². The smallest absolute Gasteiger partial charge is 0.226 e. The molecule has 1 aromatic heterocycles. The summed E-state index contributed by atoms with van der Waals surface area (Å²) in [4.78, 5) is 4.43. The quantitative estimate of drug-likeness (QED) is 0.616. The number of nitrogens with zero attached hydrogens (tertiary/aromatic N) is 1. The Balaban J connectivity index is 1.81. The number of thiazole rings is 1.